The number of nitrogens with zero attached hydrogens (tertiary/aromatic N) is 1. The summed E-state index contributed by atoms with van der Waals surface area (Å²) in [6.45, 7) is 6.05. The highest BCUT2D eigenvalue weighted by molar-refractivity contribution is 5.75. The van der Waals surface area contributed by atoms with Crippen LogP contribution in [0, 0.1) is 31.1 Å². The lowest BCUT2D eigenvalue weighted by Gasteiger charge is -2.09. The minimum Gasteiger partial charge on any atom is -0.465 e. The maximum Gasteiger partial charge on any atom is 0.323 e. The normalized spacial score (nSPS) is 11.6. The van der Waals surface area contributed by atoms with Crippen LogP contribution in [0.1, 0.15) is 23.6 Å². The average molecular weight is 231 g/mol. The molecule has 0 amide bonds. The van der Waals surface area contributed by atoms with Crippen molar-refractivity contribution in [3.8, 4) is 6.07 Å². The largest absolute Gasteiger partial charge is 0.465 e. The van der Waals surface area contributed by atoms with Crippen LogP contribution in [-0.4, -0.2) is 12.6 Å². The number of ether oxygens (including phenoxy) is 1. The van der Waals surface area contributed by atoms with Crippen LogP contribution in [0.15, 0.2) is 18.2 Å². The Morgan fingerprint density at radius 1 is 1.35 bits per heavy atom. The van der Waals surface area contributed by atoms with Crippen molar-refractivity contribution in [2.75, 3.05) is 6.61 Å². The van der Waals surface area contributed by atoms with Crippen molar-refractivity contribution >= 4 is 5.97 Å². The first kappa shape index (κ1) is 13.2. The average Bonchev–Trinajstić information content (AvgIpc) is 2.24. The van der Waals surface area contributed by atoms with Crippen LogP contribution in [0.25, 0.3) is 0 Å². The molecule has 0 spiro atoms. The zero-order valence-electron chi connectivity index (χ0n) is 10.5. The molecule has 0 saturated carbocycles. The van der Waals surface area contributed by atoms with E-state index in [1.807, 2.05) is 32.0 Å². The van der Waals surface area contributed by atoms with Crippen LogP contribution in [0.2, 0.25) is 0 Å². The maximum absolute atomic E-state index is 11.5. The Balaban J connectivity index is 2.81. The summed E-state index contributed by atoms with van der Waals surface area (Å²) in [6.07, 6.45) is 0.415. The SMILES string of the molecule is CCOC(=O)C(C#N)Cc1cc(C)cc(C)c1. The highest BCUT2D eigenvalue weighted by Gasteiger charge is 2.19. The summed E-state index contributed by atoms with van der Waals surface area (Å²) >= 11 is 0. The van der Waals surface area contributed by atoms with Gasteiger partial charge in [-0.25, -0.2) is 0 Å². The van der Waals surface area contributed by atoms with Crippen molar-refractivity contribution in [1.82, 2.24) is 0 Å². The van der Waals surface area contributed by atoms with Gasteiger partial charge in [-0.2, -0.15) is 5.26 Å². The monoisotopic (exact) mass is 231 g/mol. The van der Waals surface area contributed by atoms with Crippen LogP contribution >= 0.6 is 0 Å². The van der Waals surface area contributed by atoms with Crippen LogP contribution in [0.3, 0.4) is 0 Å². The van der Waals surface area contributed by atoms with Gasteiger partial charge in [0.2, 0.25) is 0 Å². The van der Waals surface area contributed by atoms with Crippen molar-refractivity contribution in [3.05, 3.63) is 34.9 Å². The predicted molar refractivity (Wildman–Crippen MR) is 65.4 cm³/mol. The summed E-state index contributed by atoms with van der Waals surface area (Å²) < 4.78 is 4.87. The van der Waals surface area contributed by atoms with Crippen molar-refractivity contribution in [2.24, 2.45) is 5.92 Å². The molecule has 1 rings (SSSR count). The predicted octanol–water partition coefficient (Wildman–Crippen LogP) is 2.55. The van der Waals surface area contributed by atoms with E-state index < -0.39 is 11.9 Å². The Hall–Kier alpha value is -1.82. The van der Waals surface area contributed by atoms with Gasteiger partial charge >= 0.3 is 5.97 Å². The second-order valence-corrected chi connectivity index (χ2v) is 4.13. The number of carbonyl (C=O) groups excluding carboxylic acids is 1. The number of benzene rings is 1. The van der Waals surface area contributed by atoms with Crippen molar-refractivity contribution < 1.29 is 9.53 Å². The third-order valence-electron chi connectivity index (χ3n) is 2.45. The number of rotatable bonds is 4. The van der Waals surface area contributed by atoms with Crippen LogP contribution in [0.4, 0.5) is 0 Å². The molecule has 0 aliphatic carbocycles. The quantitative estimate of drug-likeness (QED) is 0.748. The highest BCUT2D eigenvalue weighted by atomic mass is 16.5. The summed E-state index contributed by atoms with van der Waals surface area (Å²) in [7, 11) is 0. The standard InChI is InChI=1S/C14H17NO2/c1-4-17-14(16)13(9-15)8-12-6-10(2)5-11(3)7-12/h5-7,13H,4,8H2,1-3H3. The van der Waals surface area contributed by atoms with Gasteiger partial charge in [0.25, 0.3) is 0 Å². The topological polar surface area (TPSA) is 50.1 Å². The van der Waals surface area contributed by atoms with Crippen molar-refractivity contribution in [3.63, 3.8) is 0 Å². The molecule has 0 N–H and O–H groups in total. The highest BCUT2D eigenvalue weighted by Crippen LogP contribution is 2.14. The minimum atomic E-state index is -0.712. The van der Waals surface area contributed by atoms with Crippen LogP contribution in [-0.2, 0) is 16.0 Å². The molecule has 90 valence electrons. The smallest absolute Gasteiger partial charge is 0.323 e. The molecule has 3 heteroatoms. The van der Waals surface area contributed by atoms with Crippen molar-refractivity contribution in [1.29, 1.82) is 5.26 Å². The molecule has 0 saturated heterocycles. The molecule has 3 nitrogen and oxygen atoms in total. The molecule has 0 aliphatic rings. The molecule has 0 aromatic heterocycles. The van der Waals surface area contributed by atoms with E-state index in [0.29, 0.717) is 13.0 Å². The minimum absolute atomic E-state index is 0.309. The third kappa shape index (κ3) is 3.92. The number of nitriles is 1. The Bertz CT molecular complexity index is 426. The molecule has 0 radical (unpaired) electrons. The Morgan fingerprint density at radius 3 is 2.41 bits per heavy atom. The molecular weight excluding hydrogens is 214 g/mol. The van der Waals surface area contributed by atoms with E-state index in [-0.39, 0.29) is 0 Å². The van der Waals surface area contributed by atoms with E-state index in [0.717, 1.165) is 16.7 Å². The molecule has 17 heavy (non-hydrogen) atoms. The van der Waals surface area contributed by atoms with Gasteiger partial charge in [0.05, 0.1) is 12.7 Å². The lowest BCUT2D eigenvalue weighted by Crippen LogP contribution is -2.18. The summed E-state index contributed by atoms with van der Waals surface area (Å²) in [5, 5.41) is 8.97. The molecule has 0 bridgehead atoms. The Labute approximate surface area is 102 Å². The summed E-state index contributed by atoms with van der Waals surface area (Å²) in [5.41, 5.74) is 3.28. The lowest BCUT2D eigenvalue weighted by molar-refractivity contribution is -0.145. The first-order valence-electron chi connectivity index (χ1n) is 5.70. The van der Waals surface area contributed by atoms with E-state index in [4.69, 9.17) is 10.00 Å². The van der Waals surface area contributed by atoms with Crippen LogP contribution in [0.5, 0.6) is 0 Å². The first-order valence-corrected chi connectivity index (χ1v) is 5.70. The van der Waals surface area contributed by atoms with Gasteiger partial charge in [-0.15, -0.1) is 0 Å². The van der Waals surface area contributed by atoms with Gasteiger partial charge in [-0.05, 0) is 32.8 Å². The molecule has 1 unspecified atom stereocenters. The molecule has 0 aliphatic heterocycles. The van der Waals surface area contributed by atoms with E-state index in [9.17, 15) is 4.79 Å². The summed E-state index contributed by atoms with van der Waals surface area (Å²) in [6, 6.07) is 8.06. The number of hydrogen-bond acceptors (Lipinski definition) is 3. The van der Waals surface area contributed by atoms with Gasteiger partial charge in [0.1, 0.15) is 5.92 Å². The molecule has 0 heterocycles. The van der Waals surface area contributed by atoms with Crippen molar-refractivity contribution in [2.45, 2.75) is 27.2 Å². The molecule has 0 fully saturated rings. The molecule has 1 aromatic rings. The van der Waals surface area contributed by atoms with Gasteiger partial charge in [0.15, 0.2) is 0 Å². The summed E-state index contributed by atoms with van der Waals surface area (Å²) in [4.78, 5) is 11.5. The zero-order chi connectivity index (χ0) is 12.8. The van der Waals surface area contributed by atoms with E-state index in [2.05, 4.69) is 6.07 Å². The van der Waals surface area contributed by atoms with Gasteiger partial charge in [0, 0.05) is 0 Å². The second kappa shape index (κ2) is 6.05. The van der Waals surface area contributed by atoms with Gasteiger partial charge in [-0.3, -0.25) is 4.79 Å². The number of hydrogen-bond donors (Lipinski definition) is 0. The van der Waals surface area contributed by atoms with E-state index >= 15 is 0 Å². The van der Waals surface area contributed by atoms with E-state index in [1.54, 1.807) is 6.92 Å². The third-order valence-corrected chi connectivity index (χ3v) is 2.45. The molecular formula is C14H17NO2. The fraction of sp³-hybridized carbons (Fsp3) is 0.429. The molecule has 1 aromatic carbocycles. The Kier molecular flexibility index (Phi) is 4.71. The number of carbonyl (C=O) groups is 1. The fourth-order valence-corrected chi connectivity index (χ4v) is 1.85. The summed E-state index contributed by atoms with van der Waals surface area (Å²) in [5.74, 6) is -1.15. The number of esters is 1. The Morgan fingerprint density at radius 2 is 1.94 bits per heavy atom. The maximum atomic E-state index is 11.5. The fourth-order valence-electron chi connectivity index (χ4n) is 1.85. The van der Waals surface area contributed by atoms with E-state index in [1.165, 1.54) is 0 Å². The second-order valence-electron chi connectivity index (χ2n) is 4.13. The number of aryl methyl sites for hydroxylation is 2. The zero-order valence-corrected chi connectivity index (χ0v) is 10.5. The van der Waals surface area contributed by atoms with Gasteiger partial charge in [-0.1, -0.05) is 29.3 Å². The first-order chi connectivity index (χ1) is 8.06. The molecule has 1 atom stereocenters. The lowest BCUT2D eigenvalue weighted by atomic mass is 9.98. The van der Waals surface area contributed by atoms with Gasteiger partial charge < -0.3 is 4.74 Å². The van der Waals surface area contributed by atoms with Crippen LogP contribution < -0.4 is 0 Å².